The first-order valence-corrected chi connectivity index (χ1v) is 11.2. The lowest BCUT2D eigenvalue weighted by Gasteiger charge is -2.07. The number of para-hydroxylation sites is 1. The summed E-state index contributed by atoms with van der Waals surface area (Å²) in [7, 11) is 1.78. The molecule has 168 valence electrons. The lowest BCUT2D eigenvalue weighted by atomic mass is 10.3. The van der Waals surface area contributed by atoms with E-state index in [1.54, 1.807) is 30.9 Å². The minimum atomic E-state index is -0.307. The zero-order valence-corrected chi connectivity index (χ0v) is 19.1. The number of thioether (sulfide) groups is 1. The van der Waals surface area contributed by atoms with E-state index in [0.29, 0.717) is 28.9 Å². The van der Waals surface area contributed by atoms with Crippen molar-refractivity contribution in [3.05, 3.63) is 83.4 Å². The molecule has 0 atom stereocenters. The molecule has 4 rings (SSSR count). The maximum Gasteiger partial charge on any atom is 0.295 e. The minimum Gasteiger partial charge on any atom is -0.319 e. The Balaban J connectivity index is 1.52. The molecule has 33 heavy (non-hydrogen) atoms. The number of anilines is 1. The van der Waals surface area contributed by atoms with E-state index in [0.717, 1.165) is 5.69 Å². The van der Waals surface area contributed by atoms with Gasteiger partial charge in [0.1, 0.15) is 11.4 Å². The third-order valence-corrected chi connectivity index (χ3v) is 6.04. The van der Waals surface area contributed by atoms with Crippen molar-refractivity contribution >= 4 is 23.4 Å². The van der Waals surface area contributed by atoms with Crippen LogP contribution in [0.2, 0.25) is 0 Å². The Morgan fingerprint density at radius 1 is 1.15 bits per heavy atom. The SMILES string of the molecule is C=CCn1c(SCC(=O)Nc2c(C)n(C)n(-c3ccccc3)c2=O)nnc1-c1ccccn1. The second kappa shape index (κ2) is 9.70. The van der Waals surface area contributed by atoms with Gasteiger partial charge in [0.15, 0.2) is 11.0 Å². The fraction of sp³-hybridized carbons (Fsp3) is 0.174. The number of nitrogens with one attached hydrogen (secondary N) is 1. The standard InChI is InChI=1S/C23H23N7O2S/c1-4-14-29-21(18-12-8-9-13-24-18)26-27-23(29)33-15-19(31)25-20-16(2)28(3)30(22(20)32)17-10-6-5-7-11-17/h4-13H,1,14-15H2,2-3H3,(H,25,31). The Morgan fingerprint density at radius 3 is 2.61 bits per heavy atom. The minimum absolute atomic E-state index is 0.0661. The highest BCUT2D eigenvalue weighted by Crippen LogP contribution is 2.23. The van der Waals surface area contributed by atoms with E-state index in [4.69, 9.17) is 0 Å². The van der Waals surface area contributed by atoms with Gasteiger partial charge in [-0.05, 0) is 31.2 Å². The van der Waals surface area contributed by atoms with Gasteiger partial charge in [-0.3, -0.25) is 23.8 Å². The molecule has 0 radical (unpaired) electrons. The Bertz CT molecular complexity index is 1340. The fourth-order valence-corrected chi connectivity index (χ4v) is 4.14. The lowest BCUT2D eigenvalue weighted by molar-refractivity contribution is -0.113. The maximum atomic E-state index is 13.0. The highest BCUT2D eigenvalue weighted by atomic mass is 32.2. The molecule has 0 aliphatic carbocycles. The number of carbonyl (C=O) groups excluding carboxylic acids is 1. The van der Waals surface area contributed by atoms with Gasteiger partial charge in [-0.2, -0.15) is 0 Å². The summed E-state index contributed by atoms with van der Waals surface area (Å²) < 4.78 is 5.10. The van der Waals surface area contributed by atoms with E-state index in [1.807, 2.05) is 53.1 Å². The molecule has 1 aromatic carbocycles. The number of rotatable bonds is 8. The average Bonchev–Trinajstić information content (AvgIpc) is 3.33. The van der Waals surface area contributed by atoms with Gasteiger partial charge in [0, 0.05) is 19.8 Å². The van der Waals surface area contributed by atoms with Crippen LogP contribution in [0.15, 0.2) is 77.3 Å². The summed E-state index contributed by atoms with van der Waals surface area (Å²) in [5, 5.41) is 11.8. The van der Waals surface area contributed by atoms with Crippen molar-refractivity contribution in [3.63, 3.8) is 0 Å². The molecule has 1 amide bonds. The third-order valence-electron chi connectivity index (χ3n) is 5.07. The number of allylic oxidation sites excluding steroid dienone is 1. The Morgan fingerprint density at radius 2 is 1.91 bits per heavy atom. The van der Waals surface area contributed by atoms with Crippen molar-refractivity contribution in [1.82, 2.24) is 29.1 Å². The third kappa shape index (κ3) is 4.51. The second-order valence-corrected chi connectivity index (χ2v) is 8.14. The molecule has 10 heteroatoms. The van der Waals surface area contributed by atoms with Gasteiger partial charge in [-0.1, -0.05) is 42.1 Å². The number of nitrogens with zero attached hydrogens (tertiary/aromatic N) is 6. The normalized spacial score (nSPS) is 10.8. The van der Waals surface area contributed by atoms with E-state index in [-0.39, 0.29) is 22.9 Å². The maximum absolute atomic E-state index is 13.0. The van der Waals surface area contributed by atoms with Crippen LogP contribution in [0.5, 0.6) is 0 Å². The van der Waals surface area contributed by atoms with Crippen LogP contribution in [-0.2, 0) is 18.4 Å². The number of pyridine rings is 1. The van der Waals surface area contributed by atoms with Gasteiger partial charge in [-0.15, -0.1) is 16.8 Å². The van der Waals surface area contributed by atoms with Gasteiger partial charge in [0.05, 0.1) is 17.1 Å². The quantitative estimate of drug-likeness (QED) is 0.320. The van der Waals surface area contributed by atoms with E-state index in [9.17, 15) is 9.59 Å². The van der Waals surface area contributed by atoms with E-state index in [2.05, 4.69) is 27.1 Å². The van der Waals surface area contributed by atoms with Crippen LogP contribution < -0.4 is 10.9 Å². The van der Waals surface area contributed by atoms with Gasteiger partial charge >= 0.3 is 0 Å². The number of carbonyl (C=O) groups is 1. The topological polar surface area (TPSA) is 99.6 Å². The summed E-state index contributed by atoms with van der Waals surface area (Å²) in [5.41, 5.74) is 2.04. The van der Waals surface area contributed by atoms with Gasteiger partial charge in [0.2, 0.25) is 5.91 Å². The van der Waals surface area contributed by atoms with Crippen molar-refractivity contribution in [2.45, 2.75) is 18.6 Å². The average molecular weight is 462 g/mol. The summed E-state index contributed by atoms with van der Waals surface area (Å²) in [4.78, 5) is 30.0. The number of amides is 1. The van der Waals surface area contributed by atoms with Gasteiger partial charge in [0.25, 0.3) is 5.56 Å². The monoisotopic (exact) mass is 461 g/mol. The molecule has 3 aromatic heterocycles. The van der Waals surface area contributed by atoms with Crippen molar-refractivity contribution in [2.75, 3.05) is 11.1 Å². The second-order valence-electron chi connectivity index (χ2n) is 7.19. The molecule has 0 saturated carbocycles. The van der Waals surface area contributed by atoms with Crippen LogP contribution in [-0.4, -0.2) is 40.8 Å². The summed E-state index contributed by atoms with van der Waals surface area (Å²) in [5.74, 6) is 0.359. The zero-order chi connectivity index (χ0) is 23.4. The van der Waals surface area contributed by atoms with Crippen LogP contribution in [0.25, 0.3) is 17.2 Å². The summed E-state index contributed by atoms with van der Waals surface area (Å²) in [6.45, 7) is 6.06. The van der Waals surface area contributed by atoms with Crippen molar-refractivity contribution < 1.29 is 4.79 Å². The molecular formula is C23H23N7O2S. The molecule has 3 heterocycles. The van der Waals surface area contributed by atoms with Crippen molar-refractivity contribution in [3.8, 4) is 17.2 Å². The molecule has 0 bridgehead atoms. The van der Waals surface area contributed by atoms with Crippen LogP contribution >= 0.6 is 11.8 Å². The first-order chi connectivity index (χ1) is 16.0. The predicted molar refractivity (Wildman–Crippen MR) is 129 cm³/mol. The fourth-order valence-electron chi connectivity index (χ4n) is 3.39. The van der Waals surface area contributed by atoms with Gasteiger partial charge < -0.3 is 5.32 Å². The number of aromatic nitrogens is 6. The molecule has 0 aliphatic rings. The molecule has 4 aromatic rings. The molecule has 0 spiro atoms. The molecule has 1 N–H and O–H groups in total. The highest BCUT2D eigenvalue weighted by molar-refractivity contribution is 7.99. The first-order valence-electron chi connectivity index (χ1n) is 10.2. The molecular weight excluding hydrogens is 438 g/mol. The zero-order valence-electron chi connectivity index (χ0n) is 18.3. The molecule has 9 nitrogen and oxygen atoms in total. The number of benzene rings is 1. The first kappa shape index (κ1) is 22.3. The van der Waals surface area contributed by atoms with Crippen LogP contribution in [0.4, 0.5) is 5.69 Å². The van der Waals surface area contributed by atoms with E-state index < -0.39 is 0 Å². The van der Waals surface area contributed by atoms with Crippen LogP contribution in [0, 0.1) is 6.92 Å². The highest BCUT2D eigenvalue weighted by Gasteiger charge is 2.20. The Labute approximate surface area is 194 Å². The summed E-state index contributed by atoms with van der Waals surface area (Å²) >= 11 is 1.24. The van der Waals surface area contributed by atoms with Crippen molar-refractivity contribution in [1.29, 1.82) is 0 Å². The Kier molecular flexibility index (Phi) is 6.55. The molecule has 0 fully saturated rings. The summed E-state index contributed by atoms with van der Waals surface area (Å²) in [6.07, 6.45) is 3.42. The molecule has 0 unspecified atom stereocenters. The van der Waals surface area contributed by atoms with Crippen LogP contribution in [0.1, 0.15) is 5.69 Å². The lowest BCUT2D eigenvalue weighted by Crippen LogP contribution is -2.23. The predicted octanol–water partition coefficient (Wildman–Crippen LogP) is 3.05. The summed E-state index contributed by atoms with van der Waals surface area (Å²) in [6, 6.07) is 14.8. The van der Waals surface area contributed by atoms with Crippen molar-refractivity contribution in [2.24, 2.45) is 7.05 Å². The smallest absolute Gasteiger partial charge is 0.295 e. The Hall–Kier alpha value is -3.92. The van der Waals surface area contributed by atoms with Crippen LogP contribution in [0.3, 0.4) is 0 Å². The number of hydrogen-bond donors (Lipinski definition) is 1. The van der Waals surface area contributed by atoms with E-state index >= 15 is 0 Å². The largest absolute Gasteiger partial charge is 0.319 e. The molecule has 0 aliphatic heterocycles. The van der Waals surface area contributed by atoms with E-state index in [1.165, 1.54) is 16.4 Å². The molecule has 0 saturated heterocycles. The number of hydrogen-bond acceptors (Lipinski definition) is 6. The van der Waals surface area contributed by atoms with Gasteiger partial charge in [-0.25, -0.2) is 4.68 Å².